The van der Waals surface area contributed by atoms with E-state index in [1.807, 2.05) is 24.3 Å². The number of nitrogens with one attached hydrogen (secondary N) is 1. The van der Waals surface area contributed by atoms with Crippen molar-refractivity contribution in [3.8, 4) is 5.75 Å². The maximum Gasteiger partial charge on any atom is 1.00 e. The zero-order valence-electron chi connectivity index (χ0n) is 13.9. The number of rotatable bonds is 5. The molecule has 0 saturated heterocycles. The van der Waals surface area contributed by atoms with Gasteiger partial charge in [0.2, 0.25) is 0 Å². The molecule has 0 fully saturated rings. The Kier molecular flexibility index (Phi) is 8.08. The fourth-order valence-corrected chi connectivity index (χ4v) is 3.82. The third-order valence-electron chi connectivity index (χ3n) is 3.80. The summed E-state index contributed by atoms with van der Waals surface area (Å²) in [7, 11) is 0. The number of carboxylic acid groups (broad SMARTS) is 1. The topological polar surface area (TPSA) is 88.5 Å². The average Bonchev–Trinajstić information content (AvgIpc) is 2.98. The summed E-state index contributed by atoms with van der Waals surface area (Å²) < 4.78 is 1.11. The molecule has 2 aromatic carbocycles. The van der Waals surface area contributed by atoms with Gasteiger partial charge >= 0.3 is 57.4 Å². The van der Waals surface area contributed by atoms with Gasteiger partial charge in [-0.25, -0.2) is 4.79 Å². The van der Waals surface area contributed by atoms with Gasteiger partial charge in [-0.2, -0.15) is 0 Å². The van der Waals surface area contributed by atoms with Gasteiger partial charge in [0.05, 0.1) is 0 Å². The summed E-state index contributed by atoms with van der Waals surface area (Å²) in [6.07, 6.45) is 3.36. The van der Waals surface area contributed by atoms with Crippen LogP contribution in [-0.2, 0) is 11.2 Å². The Labute approximate surface area is 209 Å². The molecule has 26 heavy (non-hydrogen) atoms. The standard InChI is InChI=1S/C18H14Br2N2O3.K/c19-12-5-11(17(23)14(20)7-12)9-22-16(18(24)25)6-10-8-21-15-4-2-1-3-13(10)15;/h1-5,7-9,16,21,23H,6H2,(H,24,25);/q;+1/p-1/t16-;/m0./s1. The Balaban J connectivity index is 0.00000243. The first-order chi connectivity index (χ1) is 12.0. The Morgan fingerprint density at radius 1 is 1.31 bits per heavy atom. The van der Waals surface area contributed by atoms with E-state index < -0.39 is 12.0 Å². The number of hydrogen-bond donors (Lipinski definition) is 2. The molecule has 1 heterocycles. The minimum absolute atomic E-state index is 0. The Bertz CT molecular complexity index is 972. The monoisotopic (exact) mass is 502 g/mol. The van der Waals surface area contributed by atoms with E-state index in [-0.39, 0.29) is 63.6 Å². The van der Waals surface area contributed by atoms with Crippen molar-refractivity contribution in [2.45, 2.75) is 12.5 Å². The molecule has 0 bridgehead atoms. The van der Waals surface area contributed by atoms with Crippen molar-refractivity contribution < 1.29 is 66.4 Å². The second kappa shape index (κ2) is 9.63. The van der Waals surface area contributed by atoms with Crippen LogP contribution in [0.5, 0.6) is 5.75 Å². The number of nitrogens with zero attached hydrogens (tertiary/aromatic N) is 1. The Morgan fingerprint density at radius 2 is 2.04 bits per heavy atom. The molecule has 8 heteroatoms. The van der Waals surface area contributed by atoms with Crippen molar-refractivity contribution in [1.29, 1.82) is 0 Å². The number of H-pyrrole nitrogens is 1. The van der Waals surface area contributed by atoms with Crippen molar-refractivity contribution in [2.24, 2.45) is 4.99 Å². The van der Waals surface area contributed by atoms with Gasteiger partial charge in [-0.05, 0) is 29.3 Å². The molecule has 3 rings (SSSR count). The van der Waals surface area contributed by atoms with E-state index in [9.17, 15) is 15.0 Å². The second-order valence-corrected chi connectivity index (χ2v) is 7.27. The smallest absolute Gasteiger partial charge is 0.871 e. The first-order valence-electron chi connectivity index (χ1n) is 7.42. The molecule has 0 radical (unpaired) electrons. The van der Waals surface area contributed by atoms with Gasteiger partial charge in [0, 0.05) is 38.7 Å². The van der Waals surface area contributed by atoms with Gasteiger partial charge in [0.25, 0.3) is 0 Å². The number of fused-ring (bicyclic) bond motifs is 1. The summed E-state index contributed by atoms with van der Waals surface area (Å²) in [5.74, 6) is -1.27. The van der Waals surface area contributed by atoms with Crippen molar-refractivity contribution >= 4 is 54.9 Å². The molecule has 1 atom stereocenters. The number of carboxylic acids is 1. The van der Waals surface area contributed by atoms with Crippen LogP contribution in [0.25, 0.3) is 10.9 Å². The third kappa shape index (κ3) is 5.07. The fourth-order valence-electron chi connectivity index (χ4n) is 2.56. The molecular weight excluding hydrogens is 491 g/mol. The summed E-state index contributed by atoms with van der Waals surface area (Å²) in [5, 5.41) is 22.5. The third-order valence-corrected chi connectivity index (χ3v) is 4.85. The zero-order chi connectivity index (χ0) is 18.0. The van der Waals surface area contributed by atoms with E-state index in [1.165, 1.54) is 6.21 Å². The van der Waals surface area contributed by atoms with Crippen molar-refractivity contribution in [2.75, 3.05) is 0 Å². The van der Waals surface area contributed by atoms with Crippen LogP contribution in [0.2, 0.25) is 0 Å². The quantitative estimate of drug-likeness (QED) is 0.400. The van der Waals surface area contributed by atoms with Crippen LogP contribution >= 0.6 is 31.9 Å². The van der Waals surface area contributed by atoms with Gasteiger partial charge in [0.15, 0.2) is 6.04 Å². The molecule has 0 aliphatic rings. The number of para-hydroxylation sites is 1. The number of aromatic nitrogens is 1. The Morgan fingerprint density at radius 3 is 2.77 bits per heavy atom. The summed E-state index contributed by atoms with van der Waals surface area (Å²) in [6.45, 7) is 0. The molecule has 0 amide bonds. The van der Waals surface area contributed by atoms with Gasteiger partial charge in [-0.3, -0.25) is 4.99 Å². The molecule has 0 aliphatic heterocycles. The average molecular weight is 504 g/mol. The largest absolute Gasteiger partial charge is 1.00 e. The minimum Gasteiger partial charge on any atom is -0.871 e. The van der Waals surface area contributed by atoms with E-state index in [2.05, 4.69) is 41.8 Å². The first kappa shape index (κ1) is 21.8. The molecule has 0 spiro atoms. The zero-order valence-corrected chi connectivity index (χ0v) is 20.2. The van der Waals surface area contributed by atoms with Gasteiger partial charge in [0.1, 0.15) is 0 Å². The molecule has 3 aromatic rings. The SMILES string of the molecule is O=C(O)[C@H](Cc1c[nH]c2ccccc12)N=Cc1cc(Br)cc(Br)c1[O-].[K+]. The van der Waals surface area contributed by atoms with Crippen LogP contribution in [0, 0.1) is 0 Å². The van der Waals surface area contributed by atoms with Crippen LogP contribution in [0.1, 0.15) is 11.1 Å². The molecule has 128 valence electrons. The maximum atomic E-state index is 12.1. The summed E-state index contributed by atoms with van der Waals surface area (Å²) in [5.41, 5.74) is 2.15. The number of halogens is 2. The summed E-state index contributed by atoms with van der Waals surface area (Å²) >= 11 is 6.49. The molecule has 1 aromatic heterocycles. The van der Waals surface area contributed by atoms with Crippen molar-refractivity contribution in [3.05, 3.63) is 62.7 Å². The number of hydrogen-bond acceptors (Lipinski definition) is 3. The summed E-state index contributed by atoms with van der Waals surface area (Å²) in [6, 6.07) is 9.96. The van der Waals surface area contributed by atoms with E-state index in [0.717, 1.165) is 16.5 Å². The van der Waals surface area contributed by atoms with Gasteiger partial charge < -0.3 is 15.2 Å². The van der Waals surface area contributed by atoms with Crippen LogP contribution in [0.3, 0.4) is 0 Å². The van der Waals surface area contributed by atoms with Gasteiger partial charge in [-0.15, -0.1) is 0 Å². The van der Waals surface area contributed by atoms with E-state index in [0.29, 0.717) is 14.5 Å². The number of aromatic amines is 1. The van der Waals surface area contributed by atoms with Crippen LogP contribution < -0.4 is 56.5 Å². The molecule has 2 N–H and O–H groups in total. The first-order valence-corrected chi connectivity index (χ1v) is 9.01. The van der Waals surface area contributed by atoms with Gasteiger partial charge in [-0.1, -0.05) is 55.8 Å². The van der Waals surface area contributed by atoms with E-state index >= 15 is 0 Å². The fraction of sp³-hybridized carbons (Fsp3) is 0.111. The number of benzene rings is 2. The second-order valence-electron chi connectivity index (χ2n) is 5.50. The normalized spacial score (nSPS) is 12.2. The maximum absolute atomic E-state index is 12.1. The Hall–Kier alpha value is -0.484. The minimum atomic E-state index is -1.04. The molecule has 5 nitrogen and oxygen atoms in total. The molecule has 0 unspecified atom stereocenters. The van der Waals surface area contributed by atoms with Crippen LogP contribution in [0.15, 0.2) is 56.5 Å². The predicted octanol–water partition coefficient (Wildman–Crippen LogP) is 0.885. The van der Waals surface area contributed by atoms with E-state index in [1.54, 1.807) is 18.3 Å². The van der Waals surface area contributed by atoms with Crippen LogP contribution in [0.4, 0.5) is 0 Å². The predicted molar refractivity (Wildman–Crippen MR) is 102 cm³/mol. The van der Waals surface area contributed by atoms with Crippen molar-refractivity contribution in [3.63, 3.8) is 0 Å². The molecule has 0 aliphatic carbocycles. The number of carbonyl (C=O) groups is 1. The molecular formula is C18H13Br2KN2O3. The summed E-state index contributed by atoms with van der Waals surface area (Å²) in [4.78, 5) is 18.8. The van der Waals surface area contributed by atoms with E-state index in [4.69, 9.17) is 0 Å². The van der Waals surface area contributed by atoms with Crippen molar-refractivity contribution in [1.82, 2.24) is 4.98 Å². The number of aliphatic carboxylic acids is 1. The molecule has 0 saturated carbocycles. The van der Waals surface area contributed by atoms with Crippen LogP contribution in [-0.4, -0.2) is 28.3 Å². The number of aliphatic imine (C=N–C) groups is 1.